The normalized spacial score (nSPS) is 30.0. The largest absolute Gasteiger partial charge is 0.359 e. The predicted octanol–water partition coefficient (Wildman–Crippen LogP) is 2.25. The van der Waals surface area contributed by atoms with Crippen molar-refractivity contribution in [1.82, 2.24) is 4.90 Å². The summed E-state index contributed by atoms with van der Waals surface area (Å²) in [6.45, 7) is 7.61. The lowest BCUT2D eigenvalue weighted by atomic mass is 10.2. The Morgan fingerprint density at radius 2 is 2.17 bits per heavy atom. The van der Waals surface area contributed by atoms with Crippen LogP contribution in [0, 0.1) is 0 Å². The van der Waals surface area contributed by atoms with Crippen LogP contribution in [0.4, 0.5) is 0 Å². The summed E-state index contributed by atoms with van der Waals surface area (Å²) < 4.78 is 5.57. The van der Waals surface area contributed by atoms with Crippen molar-refractivity contribution in [2.45, 2.75) is 37.4 Å². The molecule has 0 bridgehead atoms. The van der Waals surface area contributed by atoms with Gasteiger partial charge in [0.25, 0.3) is 0 Å². The van der Waals surface area contributed by atoms with Crippen LogP contribution in [-0.2, 0) is 4.74 Å². The molecule has 0 amide bonds. The van der Waals surface area contributed by atoms with Gasteiger partial charge in [0.1, 0.15) is 10.6 Å². The van der Waals surface area contributed by atoms with E-state index in [4.69, 9.17) is 27.9 Å². The van der Waals surface area contributed by atoms with Crippen LogP contribution in [0.3, 0.4) is 0 Å². The third-order valence-corrected chi connectivity index (χ3v) is 2.51. The fourth-order valence-electron chi connectivity index (χ4n) is 1.58. The minimum atomic E-state index is -0.339. The summed E-state index contributed by atoms with van der Waals surface area (Å²) in [7, 11) is 0. The molecule has 0 N–H and O–H groups in total. The molecule has 0 aliphatic carbocycles. The zero-order chi connectivity index (χ0) is 9.35. The highest BCUT2D eigenvalue weighted by Crippen LogP contribution is 2.27. The third kappa shape index (κ3) is 2.25. The topological polar surface area (TPSA) is 12.5 Å². The molecule has 1 heterocycles. The molecule has 1 aliphatic heterocycles. The number of nitrogens with zero attached hydrogens (tertiary/aromatic N) is 1. The lowest BCUT2D eigenvalue weighted by Crippen LogP contribution is -2.44. The van der Waals surface area contributed by atoms with Crippen molar-refractivity contribution in [2.24, 2.45) is 0 Å². The Labute approximate surface area is 83.8 Å². The van der Waals surface area contributed by atoms with Crippen molar-refractivity contribution < 1.29 is 4.74 Å². The summed E-state index contributed by atoms with van der Waals surface area (Å²) in [5, 5.41) is 0. The van der Waals surface area contributed by atoms with E-state index in [1.807, 2.05) is 13.8 Å². The van der Waals surface area contributed by atoms with E-state index in [9.17, 15) is 0 Å². The Morgan fingerprint density at radius 1 is 1.58 bits per heavy atom. The Hall–Kier alpha value is 0.500. The summed E-state index contributed by atoms with van der Waals surface area (Å²) in [5.41, 5.74) is -0.221. The molecule has 1 unspecified atom stereocenters. The standard InChI is InChI=1S/C8H15Cl2NO/c1-6-5-12-8(2,3)11(6)4-7(9)10/h6-7H,4-5H2,1-3H3. The van der Waals surface area contributed by atoms with Gasteiger partial charge in [-0.2, -0.15) is 0 Å². The molecule has 1 saturated heterocycles. The first-order valence-electron chi connectivity index (χ1n) is 4.12. The second kappa shape index (κ2) is 3.70. The second-order valence-electron chi connectivity index (χ2n) is 3.65. The van der Waals surface area contributed by atoms with Crippen LogP contribution in [0.15, 0.2) is 0 Å². The van der Waals surface area contributed by atoms with E-state index in [1.54, 1.807) is 0 Å². The first kappa shape index (κ1) is 10.6. The molecule has 2 nitrogen and oxygen atoms in total. The molecule has 1 fully saturated rings. The zero-order valence-corrected chi connectivity index (χ0v) is 9.19. The number of hydrogen-bond donors (Lipinski definition) is 0. The van der Waals surface area contributed by atoms with Gasteiger partial charge < -0.3 is 4.74 Å². The van der Waals surface area contributed by atoms with Crippen LogP contribution in [0.2, 0.25) is 0 Å². The second-order valence-corrected chi connectivity index (χ2v) is 4.93. The van der Waals surface area contributed by atoms with Crippen LogP contribution >= 0.6 is 23.2 Å². The Morgan fingerprint density at radius 3 is 2.50 bits per heavy atom. The van der Waals surface area contributed by atoms with Gasteiger partial charge in [0.15, 0.2) is 0 Å². The van der Waals surface area contributed by atoms with Gasteiger partial charge in [-0.15, -0.1) is 23.2 Å². The van der Waals surface area contributed by atoms with E-state index in [1.165, 1.54) is 0 Å². The number of ether oxygens (including phenoxy) is 1. The Kier molecular flexibility index (Phi) is 3.27. The zero-order valence-electron chi connectivity index (χ0n) is 7.68. The van der Waals surface area contributed by atoms with E-state index in [-0.39, 0.29) is 10.6 Å². The van der Waals surface area contributed by atoms with E-state index in [0.717, 1.165) is 6.61 Å². The number of alkyl halides is 2. The lowest BCUT2D eigenvalue weighted by Gasteiger charge is -2.32. The average molecular weight is 212 g/mol. The Bertz CT molecular complexity index is 161. The smallest absolute Gasteiger partial charge is 0.120 e. The SMILES string of the molecule is CC1COC(C)(C)N1CC(Cl)Cl. The molecule has 0 saturated carbocycles. The minimum Gasteiger partial charge on any atom is -0.359 e. The third-order valence-electron chi connectivity index (χ3n) is 2.24. The monoisotopic (exact) mass is 211 g/mol. The molecule has 1 aliphatic rings. The van der Waals surface area contributed by atoms with Gasteiger partial charge >= 0.3 is 0 Å². The van der Waals surface area contributed by atoms with Crippen molar-refractivity contribution in [3.63, 3.8) is 0 Å². The van der Waals surface area contributed by atoms with Crippen LogP contribution in [0.5, 0.6) is 0 Å². The fourth-order valence-corrected chi connectivity index (χ4v) is 1.87. The first-order chi connectivity index (χ1) is 5.43. The van der Waals surface area contributed by atoms with Gasteiger partial charge in [0.05, 0.1) is 6.61 Å². The first-order valence-corrected chi connectivity index (χ1v) is 4.99. The molecule has 4 heteroatoms. The summed E-state index contributed by atoms with van der Waals surface area (Å²) in [5.74, 6) is 0. The van der Waals surface area contributed by atoms with Gasteiger partial charge in [-0.05, 0) is 20.8 Å². The van der Waals surface area contributed by atoms with Crippen LogP contribution in [-0.4, -0.2) is 34.7 Å². The summed E-state index contributed by atoms with van der Waals surface area (Å²) >= 11 is 11.4. The van der Waals surface area contributed by atoms with Gasteiger partial charge in [0.2, 0.25) is 0 Å². The van der Waals surface area contributed by atoms with Crippen molar-refractivity contribution in [3.05, 3.63) is 0 Å². The van der Waals surface area contributed by atoms with Crippen molar-refractivity contribution >= 4 is 23.2 Å². The van der Waals surface area contributed by atoms with Gasteiger partial charge in [-0.25, -0.2) is 0 Å². The highest BCUT2D eigenvalue weighted by molar-refractivity contribution is 6.44. The highest BCUT2D eigenvalue weighted by atomic mass is 35.5. The van der Waals surface area contributed by atoms with Crippen LogP contribution in [0.1, 0.15) is 20.8 Å². The van der Waals surface area contributed by atoms with E-state index in [0.29, 0.717) is 12.6 Å². The molecule has 0 aromatic rings. The number of halogens is 2. The molecule has 0 radical (unpaired) electrons. The maximum absolute atomic E-state index is 5.72. The molecule has 72 valence electrons. The van der Waals surface area contributed by atoms with E-state index >= 15 is 0 Å². The summed E-state index contributed by atoms with van der Waals surface area (Å²) in [6.07, 6.45) is 0. The molecule has 0 aromatic heterocycles. The van der Waals surface area contributed by atoms with Gasteiger partial charge in [-0.1, -0.05) is 0 Å². The van der Waals surface area contributed by atoms with Crippen LogP contribution < -0.4 is 0 Å². The minimum absolute atomic E-state index is 0.221. The van der Waals surface area contributed by atoms with E-state index in [2.05, 4.69) is 11.8 Å². The van der Waals surface area contributed by atoms with Crippen molar-refractivity contribution in [3.8, 4) is 0 Å². The quantitative estimate of drug-likeness (QED) is 0.651. The highest BCUT2D eigenvalue weighted by Gasteiger charge is 2.38. The lowest BCUT2D eigenvalue weighted by molar-refractivity contribution is -0.0510. The molecule has 12 heavy (non-hydrogen) atoms. The maximum atomic E-state index is 5.72. The summed E-state index contributed by atoms with van der Waals surface area (Å²) in [4.78, 5) is 1.84. The molecular weight excluding hydrogens is 197 g/mol. The van der Waals surface area contributed by atoms with Crippen molar-refractivity contribution in [2.75, 3.05) is 13.2 Å². The molecule has 1 atom stereocenters. The van der Waals surface area contributed by atoms with Gasteiger partial charge in [0, 0.05) is 12.6 Å². The summed E-state index contributed by atoms with van der Waals surface area (Å²) in [6, 6.07) is 0.403. The molecule has 0 spiro atoms. The fraction of sp³-hybridized carbons (Fsp3) is 1.00. The van der Waals surface area contributed by atoms with E-state index < -0.39 is 0 Å². The number of hydrogen-bond acceptors (Lipinski definition) is 2. The number of rotatable bonds is 2. The maximum Gasteiger partial charge on any atom is 0.120 e. The molecular formula is C8H15Cl2NO. The van der Waals surface area contributed by atoms with Gasteiger partial charge in [-0.3, -0.25) is 4.90 Å². The predicted molar refractivity (Wildman–Crippen MR) is 51.7 cm³/mol. The molecule has 1 rings (SSSR count). The Balaban J connectivity index is 2.59. The van der Waals surface area contributed by atoms with Crippen LogP contribution in [0.25, 0.3) is 0 Å². The van der Waals surface area contributed by atoms with Crippen molar-refractivity contribution in [1.29, 1.82) is 0 Å². The average Bonchev–Trinajstić information content (AvgIpc) is 2.15. The molecule has 0 aromatic carbocycles.